The summed E-state index contributed by atoms with van der Waals surface area (Å²) in [5, 5.41) is 3.87. The van der Waals surface area contributed by atoms with Crippen LogP contribution in [0.25, 0.3) is 0 Å². The van der Waals surface area contributed by atoms with Crippen LogP contribution in [0.1, 0.15) is 43.5 Å². The van der Waals surface area contributed by atoms with Crippen LogP contribution in [-0.2, 0) is 14.4 Å². The Hall–Kier alpha value is -1.54. The van der Waals surface area contributed by atoms with Crippen LogP contribution in [0.5, 0.6) is 5.75 Å². The number of oxime groups is 1. The first-order chi connectivity index (χ1) is 12.4. The number of benzene rings is 1. The van der Waals surface area contributed by atoms with E-state index in [9.17, 15) is 14.4 Å². The number of hydrogen-bond donors (Lipinski definition) is 0. The second kappa shape index (κ2) is 9.41. The monoisotopic (exact) mass is 487 g/mol. The molecule has 26 heavy (non-hydrogen) atoms. The van der Waals surface area contributed by atoms with E-state index in [2.05, 4.69) is 37.0 Å². The maximum Gasteiger partial charge on any atom is 0.182 e. The van der Waals surface area contributed by atoms with E-state index < -0.39 is 11.7 Å². The van der Waals surface area contributed by atoms with Crippen molar-refractivity contribution in [2.75, 3.05) is 13.2 Å². The first-order valence-corrected chi connectivity index (χ1v) is 9.81. The molecule has 1 fully saturated rings. The molecule has 2 rings (SSSR count). The van der Waals surface area contributed by atoms with Crippen LogP contribution in [0.4, 0.5) is 0 Å². The third kappa shape index (κ3) is 4.79. The van der Waals surface area contributed by atoms with Crippen molar-refractivity contribution in [1.82, 2.24) is 0 Å². The second-order valence-electron chi connectivity index (χ2n) is 5.85. The molecule has 0 spiro atoms. The van der Waals surface area contributed by atoms with Gasteiger partial charge in [-0.15, -0.1) is 0 Å². The van der Waals surface area contributed by atoms with Gasteiger partial charge in [-0.1, -0.05) is 5.16 Å². The van der Waals surface area contributed by atoms with Crippen LogP contribution in [-0.4, -0.2) is 36.3 Å². The third-order valence-corrected chi connectivity index (χ3v) is 5.25. The number of carbonyl (C=O) groups excluding carboxylic acids is 3. The number of hydrogen-bond acceptors (Lipinski definition) is 6. The average Bonchev–Trinajstić information content (AvgIpc) is 2.59. The third-order valence-electron chi connectivity index (χ3n) is 3.84. The van der Waals surface area contributed by atoms with Crippen LogP contribution >= 0.6 is 31.9 Å². The lowest BCUT2D eigenvalue weighted by atomic mass is 9.81. The first kappa shape index (κ1) is 20.8. The zero-order valence-corrected chi connectivity index (χ0v) is 17.7. The summed E-state index contributed by atoms with van der Waals surface area (Å²) >= 11 is 6.75. The summed E-state index contributed by atoms with van der Waals surface area (Å²) in [5.74, 6) is -1.94. The van der Waals surface area contributed by atoms with Gasteiger partial charge in [-0.25, -0.2) is 0 Å². The molecule has 0 heterocycles. The predicted molar refractivity (Wildman–Crippen MR) is 104 cm³/mol. The van der Waals surface area contributed by atoms with Crippen molar-refractivity contribution in [2.45, 2.75) is 33.1 Å². The van der Waals surface area contributed by atoms with Gasteiger partial charge in [0, 0.05) is 18.4 Å². The van der Waals surface area contributed by atoms with Gasteiger partial charge in [0.05, 0.1) is 14.7 Å². The van der Waals surface area contributed by atoms with Gasteiger partial charge < -0.3 is 9.57 Å². The van der Waals surface area contributed by atoms with E-state index in [1.54, 1.807) is 19.1 Å². The standard InChI is InChI=1S/C18H19Br2NO5/c1-3-26-21-10(2)9-25-18-12(19)8-7-11(16(18)20)17(24)15-13(22)5-4-6-14(15)23/h7-8,15H,3-6,9H2,1-2H3/b21-10-. The number of rotatable bonds is 7. The Morgan fingerprint density at radius 1 is 1.23 bits per heavy atom. The highest BCUT2D eigenvalue weighted by Gasteiger charge is 2.37. The molecule has 0 N–H and O–H groups in total. The number of carbonyl (C=O) groups is 3. The molecule has 0 aliphatic heterocycles. The van der Waals surface area contributed by atoms with Crippen molar-refractivity contribution in [2.24, 2.45) is 11.1 Å². The van der Waals surface area contributed by atoms with Crippen LogP contribution in [0.3, 0.4) is 0 Å². The van der Waals surface area contributed by atoms with E-state index in [0.717, 1.165) is 0 Å². The Kier molecular flexibility index (Phi) is 7.52. The second-order valence-corrected chi connectivity index (χ2v) is 7.50. The molecule has 1 aromatic rings. The fourth-order valence-corrected chi connectivity index (χ4v) is 3.95. The molecule has 1 saturated carbocycles. The average molecular weight is 489 g/mol. The molecule has 0 atom stereocenters. The van der Waals surface area contributed by atoms with Gasteiger partial charge in [0.15, 0.2) is 17.3 Å². The molecule has 140 valence electrons. The van der Waals surface area contributed by atoms with E-state index >= 15 is 0 Å². The van der Waals surface area contributed by atoms with Crippen molar-refractivity contribution < 1.29 is 24.0 Å². The Bertz CT molecular complexity index is 744. The number of ether oxygens (including phenoxy) is 1. The van der Waals surface area contributed by atoms with Gasteiger partial charge in [0.2, 0.25) is 0 Å². The molecule has 0 radical (unpaired) electrons. The minimum Gasteiger partial charge on any atom is -0.485 e. The summed E-state index contributed by atoms with van der Waals surface area (Å²) in [6, 6.07) is 3.22. The Morgan fingerprint density at radius 2 is 1.88 bits per heavy atom. The van der Waals surface area contributed by atoms with Gasteiger partial charge in [0.1, 0.15) is 24.9 Å². The van der Waals surface area contributed by atoms with Gasteiger partial charge in [-0.05, 0) is 64.3 Å². The molecule has 0 amide bonds. The van der Waals surface area contributed by atoms with Gasteiger partial charge in [0.25, 0.3) is 0 Å². The normalized spacial score (nSPS) is 15.9. The van der Waals surface area contributed by atoms with E-state index in [-0.39, 0.29) is 36.6 Å². The van der Waals surface area contributed by atoms with Crippen molar-refractivity contribution in [3.8, 4) is 5.75 Å². The van der Waals surface area contributed by atoms with Gasteiger partial charge in [-0.2, -0.15) is 0 Å². The van der Waals surface area contributed by atoms with Crippen LogP contribution in [0.2, 0.25) is 0 Å². The minimum atomic E-state index is -1.21. The van der Waals surface area contributed by atoms with Crippen LogP contribution in [0.15, 0.2) is 26.2 Å². The fourth-order valence-electron chi connectivity index (χ4n) is 2.59. The highest BCUT2D eigenvalue weighted by molar-refractivity contribution is 9.11. The van der Waals surface area contributed by atoms with Crippen molar-refractivity contribution in [3.05, 3.63) is 26.6 Å². The quantitative estimate of drug-likeness (QED) is 0.249. The zero-order chi connectivity index (χ0) is 19.3. The molecule has 0 bridgehead atoms. The molecule has 6 nitrogen and oxygen atoms in total. The summed E-state index contributed by atoms with van der Waals surface area (Å²) in [7, 11) is 0. The zero-order valence-electron chi connectivity index (χ0n) is 14.5. The molecule has 0 saturated heterocycles. The topological polar surface area (TPSA) is 82.0 Å². The highest BCUT2D eigenvalue weighted by atomic mass is 79.9. The predicted octanol–water partition coefficient (Wildman–Crippen LogP) is 4.12. The lowest BCUT2D eigenvalue weighted by Gasteiger charge is -2.20. The molecule has 0 unspecified atom stereocenters. The Labute approximate surface area is 168 Å². The van der Waals surface area contributed by atoms with Crippen molar-refractivity contribution >= 4 is 54.9 Å². The fraction of sp³-hybridized carbons (Fsp3) is 0.444. The van der Waals surface area contributed by atoms with E-state index in [4.69, 9.17) is 9.57 Å². The van der Waals surface area contributed by atoms with Gasteiger partial charge >= 0.3 is 0 Å². The molecular weight excluding hydrogens is 470 g/mol. The van der Waals surface area contributed by atoms with E-state index in [0.29, 0.717) is 33.4 Å². The van der Waals surface area contributed by atoms with Crippen molar-refractivity contribution in [1.29, 1.82) is 0 Å². The summed E-state index contributed by atoms with van der Waals surface area (Å²) < 4.78 is 6.76. The number of ketones is 3. The summed E-state index contributed by atoms with van der Waals surface area (Å²) in [6.45, 7) is 4.20. The summed E-state index contributed by atoms with van der Waals surface area (Å²) in [4.78, 5) is 41.9. The lowest BCUT2D eigenvalue weighted by molar-refractivity contribution is -0.133. The Morgan fingerprint density at radius 3 is 2.50 bits per heavy atom. The molecule has 1 aliphatic carbocycles. The molecule has 8 heteroatoms. The van der Waals surface area contributed by atoms with E-state index in [1.165, 1.54) is 0 Å². The molecule has 1 aromatic carbocycles. The molecule has 1 aliphatic rings. The maximum absolute atomic E-state index is 12.8. The Balaban J connectivity index is 2.27. The SMILES string of the molecule is CCO/N=C(/C)COc1c(Br)ccc(C(=O)C2C(=O)CCCC2=O)c1Br. The summed E-state index contributed by atoms with van der Waals surface area (Å²) in [5.41, 5.74) is 0.871. The van der Waals surface area contributed by atoms with Crippen molar-refractivity contribution in [3.63, 3.8) is 0 Å². The highest BCUT2D eigenvalue weighted by Crippen LogP contribution is 2.37. The minimum absolute atomic E-state index is 0.163. The van der Waals surface area contributed by atoms with Crippen LogP contribution < -0.4 is 4.74 Å². The van der Waals surface area contributed by atoms with Gasteiger partial charge in [-0.3, -0.25) is 14.4 Å². The molecule has 0 aromatic heterocycles. The largest absolute Gasteiger partial charge is 0.485 e. The number of nitrogens with zero attached hydrogens (tertiary/aromatic N) is 1. The van der Waals surface area contributed by atoms with Crippen LogP contribution in [0, 0.1) is 5.92 Å². The maximum atomic E-state index is 12.8. The smallest absolute Gasteiger partial charge is 0.182 e. The summed E-state index contributed by atoms with van der Waals surface area (Å²) in [6.07, 6.45) is 1.02. The number of Topliss-reactive ketones (excluding diaryl/α,β-unsaturated/α-hetero) is 3. The first-order valence-electron chi connectivity index (χ1n) is 8.22. The van der Waals surface area contributed by atoms with E-state index in [1.807, 2.05) is 6.92 Å². The lowest BCUT2D eigenvalue weighted by Crippen LogP contribution is -2.35. The number of halogens is 2. The molecular formula is C18H19Br2NO5.